The molecule has 27 heavy (non-hydrogen) atoms. The number of benzene rings is 2. The van der Waals surface area contributed by atoms with Crippen molar-refractivity contribution >= 4 is 15.9 Å². The average Bonchev–Trinajstić information content (AvgIpc) is 2.68. The molecule has 0 bridgehead atoms. The lowest BCUT2D eigenvalue weighted by molar-refractivity contribution is -0.121. The second kappa shape index (κ2) is 8.23. The standard InChI is InChI=1S/C21H26N2O3S/c1-16(18-13-12-17-8-6-7-9-19(17)14-18)22-21(24)15-23(2)27(25,26)20-10-4-3-5-11-20/h3-5,10-14,16H,6-9,15H2,1-2H3,(H,22,24). The van der Waals surface area contributed by atoms with Crippen LogP contribution < -0.4 is 5.32 Å². The van der Waals surface area contributed by atoms with Gasteiger partial charge in [0.25, 0.3) is 0 Å². The first-order valence-electron chi connectivity index (χ1n) is 9.30. The zero-order valence-electron chi connectivity index (χ0n) is 15.8. The van der Waals surface area contributed by atoms with E-state index in [-0.39, 0.29) is 23.4 Å². The molecule has 6 heteroatoms. The summed E-state index contributed by atoms with van der Waals surface area (Å²) in [6.45, 7) is 1.71. The third-order valence-corrected chi connectivity index (χ3v) is 6.89. The third kappa shape index (κ3) is 4.57. The van der Waals surface area contributed by atoms with Crippen LogP contribution in [-0.4, -0.2) is 32.2 Å². The highest BCUT2D eigenvalue weighted by atomic mass is 32.2. The van der Waals surface area contributed by atoms with Gasteiger partial charge in [-0.05, 0) is 61.4 Å². The highest BCUT2D eigenvalue weighted by Gasteiger charge is 2.23. The quantitative estimate of drug-likeness (QED) is 0.830. The molecule has 2 aromatic rings. The summed E-state index contributed by atoms with van der Waals surface area (Å²) in [5.74, 6) is -0.317. The molecule has 0 heterocycles. The molecule has 0 radical (unpaired) electrons. The van der Waals surface area contributed by atoms with E-state index in [1.165, 1.54) is 43.1 Å². The highest BCUT2D eigenvalue weighted by molar-refractivity contribution is 7.89. The summed E-state index contributed by atoms with van der Waals surface area (Å²) in [4.78, 5) is 12.6. The van der Waals surface area contributed by atoms with E-state index in [9.17, 15) is 13.2 Å². The molecule has 1 amide bonds. The molecule has 0 aromatic heterocycles. The summed E-state index contributed by atoms with van der Waals surface area (Å²) >= 11 is 0. The van der Waals surface area contributed by atoms with E-state index < -0.39 is 10.0 Å². The van der Waals surface area contributed by atoms with E-state index in [1.54, 1.807) is 18.2 Å². The Balaban J connectivity index is 1.63. The molecule has 1 aliphatic rings. The number of rotatable bonds is 6. The zero-order valence-corrected chi connectivity index (χ0v) is 16.6. The van der Waals surface area contributed by atoms with Crippen molar-refractivity contribution in [3.8, 4) is 0 Å². The number of sulfonamides is 1. The summed E-state index contributed by atoms with van der Waals surface area (Å²) < 4.78 is 26.1. The van der Waals surface area contributed by atoms with Gasteiger partial charge in [-0.1, -0.05) is 36.4 Å². The number of nitrogens with zero attached hydrogens (tertiary/aromatic N) is 1. The Morgan fingerprint density at radius 1 is 1.07 bits per heavy atom. The van der Waals surface area contributed by atoms with E-state index >= 15 is 0 Å². The van der Waals surface area contributed by atoms with Gasteiger partial charge in [0, 0.05) is 7.05 Å². The predicted octanol–water partition coefficient (Wildman–Crippen LogP) is 3.06. The highest BCUT2D eigenvalue weighted by Crippen LogP contribution is 2.24. The maximum absolute atomic E-state index is 12.5. The Kier molecular flexibility index (Phi) is 5.97. The molecule has 0 spiro atoms. The van der Waals surface area contributed by atoms with Gasteiger partial charge in [0.1, 0.15) is 0 Å². The number of fused-ring (bicyclic) bond motifs is 1. The second-order valence-corrected chi connectivity index (χ2v) is 9.14. The monoisotopic (exact) mass is 386 g/mol. The molecule has 3 rings (SSSR count). The molecule has 144 valence electrons. The van der Waals surface area contributed by atoms with Gasteiger partial charge in [0.15, 0.2) is 0 Å². The van der Waals surface area contributed by atoms with Crippen molar-refractivity contribution in [2.45, 2.75) is 43.5 Å². The fraction of sp³-hybridized carbons (Fsp3) is 0.381. The first kappa shape index (κ1) is 19.6. The van der Waals surface area contributed by atoms with Crippen molar-refractivity contribution in [1.82, 2.24) is 9.62 Å². The van der Waals surface area contributed by atoms with E-state index in [2.05, 4.69) is 23.5 Å². The van der Waals surface area contributed by atoms with Crippen LogP contribution >= 0.6 is 0 Å². The summed E-state index contributed by atoms with van der Waals surface area (Å²) in [5.41, 5.74) is 3.82. The molecule has 0 saturated carbocycles. The van der Waals surface area contributed by atoms with E-state index in [0.717, 1.165) is 22.7 Å². The van der Waals surface area contributed by atoms with Crippen molar-refractivity contribution < 1.29 is 13.2 Å². The van der Waals surface area contributed by atoms with Crippen LogP contribution in [0, 0.1) is 0 Å². The molecule has 2 aromatic carbocycles. The van der Waals surface area contributed by atoms with Gasteiger partial charge in [-0.3, -0.25) is 4.79 Å². The van der Waals surface area contributed by atoms with Gasteiger partial charge in [-0.25, -0.2) is 8.42 Å². The number of hydrogen-bond acceptors (Lipinski definition) is 3. The second-order valence-electron chi connectivity index (χ2n) is 7.10. The topological polar surface area (TPSA) is 66.5 Å². The number of nitrogens with one attached hydrogen (secondary N) is 1. The van der Waals surface area contributed by atoms with Gasteiger partial charge in [0.2, 0.25) is 15.9 Å². The molecule has 0 aliphatic heterocycles. The van der Waals surface area contributed by atoms with Gasteiger partial charge in [-0.2, -0.15) is 4.31 Å². The van der Waals surface area contributed by atoms with Gasteiger partial charge >= 0.3 is 0 Å². The van der Waals surface area contributed by atoms with Gasteiger partial charge < -0.3 is 5.32 Å². The SMILES string of the molecule is CC(NC(=O)CN(C)S(=O)(=O)c1ccccc1)c1ccc2c(c1)CCCC2. The normalized spacial score (nSPS) is 15.2. The molecule has 0 saturated heterocycles. The maximum atomic E-state index is 12.5. The summed E-state index contributed by atoms with van der Waals surface area (Å²) in [6, 6.07) is 14.3. The first-order chi connectivity index (χ1) is 12.9. The fourth-order valence-corrected chi connectivity index (χ4v) is 4.60. The Hall–Kier alpha value is -2.18. The lowest BCUT2D eigenvalue weighted by Gasteiger charge is -2.21. The van der Waals surface area contributed by atoms with Gasteiger partial charge in [0.05, 0.1) is 17.5 Å². The average molecular weight is 387 g/mol. The minimum Gasteiger partial charge on any atom is -0.348 e. The van der Waals surface area contributed by atoms with E-state index in [4.69, 9.17) is 0 Å². The zero-order chi connectivity index (χ0) is 19.4. The number of carbonyl (C=O) groups is 1. The van der Waals surface area contributed by atoms with Crippen molar-refractivity contribution in [2.75, 3.05) is 13.6 Å². The number of aryl methyl sites for hydroxylation is 2. The minimum absolute atomic E-state index is 0.169. The number of carbonyl (C=O) groups excluding carboxylic acids is 1. The lowest BCUT2D eigenvalue weighted by atomic mass is 9.89. The van der Waals surface area contributed by atoms with Crippen molar-refractivity contribution in [3.63, 3.8) is 0 Å². The summed E-state index contributed by atoms with van der Waals surface area (Å²) in [6.07, 6.45) is 4.65. The van der Waals surface area contributed by atoms with Crippen LogP contribution in [0.4, 0.5) is 0 Å². The first-order valence-corrected chi connectivity index (χ1v) is 10.7. The van der Waals surface area contributed by atoms with Crippen LogP contribution in [0.3, 0.4) is 0 Å². The molecule has 5 nitrogen and oxygen atoms in total. The van der Waals surface area contributed by atoms with Crippen LogP contribution in [0.1, 0.15) is 42.5 Å². The lowest BCUT2D eigenvalue weighted by Crippen LogP contribution is -2.39. The molecule has 1 atom stereocenters. The van der Waals surface area contributed by atoms with E-state index in [1.807, 2.05) is 6.92 Å². The molecule has 1 N–H and O–H groups in total. The minimum atomic E-state index is -3.67. The maximum Gasteiger partial charge on any atom is 0.243 e. The van der Waals surface area contributed by atoms with Crippen molar-refractivity contribution in [2.24, 2.45) is 0 Å². The molecule has 1 aliphatic carbocycles. The molecular formula is C21H26N2O3S. The van der Waals surface area contributed by atoms with Crippen LogP contribution in [0.5, 0.6) is 0 Å². The smallest absolute Gasteiger partial charge is 0.243 e. The molecule has 1 unspecified atom stereocenters. The molecule has 0 fully saturated rings. The van der Waals surface area contributed by atoms with Crippen LogP contribution in [0.25, 0.3) is 0 Å². The fourth-order valence-electron chi connectivity index (χ4n) is 3.45. The van der Waals surface area contributed by atoms with Crippen LogP contribution in [0.15, 0.2) is 53.4 Å². The summed E-state index contributed by atoms with van der Waals surface area (Å²) in [7, 11) is -2.25. The Labute approximate surface area is 161 Å². The van der Waals surface area contributed by atoms with Crippen LogP contribution in [-0.2, 0) is 27.7 Å². The van der Waals surface area contributed by atoms with Crippen molar-refractivity contribution in [1.29, 1.82) is 0 Å². The number of amides is 1. The number of hydrogen-bond donors (Lipinski definition) is 1. The Morgan fingerprint density at radius 2 is 1.74 bits per heavy atom. The largest absolute Gasteiger partial charge is 0.348 e. The molecular weight excluding hydrogens is 360 g/mol. The third-order valence-electron chi connectivity index (χ3n) is 5.07. The van der Waals surface area contributed by atoms with Crippen molar-refractivity contribution in [3.05, 3.63) is 65.2 Å². The Bertz CT molecular complexity index is 910. The Morgan fingerprint density at radius 3 is 2.44 bits per heavy atom. The van der Waals surface area contributed by atoms with E-state index in [0.29, 0.717) is 0 Å². The number of likely N-dealkylation sites (N-methyl/N-ethyl adjacent to an activating group) is 1. The predicted molar refractivity (Wildman–Crippen MR) is 106 cm³/mol. The summed E-state index contributed by atoms with van der Waals surface area (Å²) in [5, 5.41) is 2.91. The van der Waals surface area contributed by atoms with Crippen LogP contribution in [0.2, 0.25) is 0 Å². The van der Waals surface area contributed by atoms with Gasteiger partial charge in [-0.15, -0.1) is 0 Å².